The molecule has 1 saturated heterocycles. The zero-order valence-electron chi connectivity index (χ0n) is 12.4. The lowest BCUT2D eigenvalue weighted by Gasteiger charge is -2.16. The maximum absolute atomic E-state index is 12.0. The van der Waals surface area contributed by atoms with Crippen molar-refractivity contribution in [1.82, 2.24) is 9.88 Å². The number of hydrogen-bond donors (Lipinski definition) is 1. The molecule has 1 aliphatic heterocycles. The first-order chi connectivity index (χ1) is 10.2. The topological polar surface area (TPSA) is 45.2 Å². The maximum atomic E-state index is 12.0. The van der Waals surface area contributed by atoms with Gasteiger partial charge in [-0.25, -0.2) is 0 Å². The van der Waals surface area contributed by atoms with Crippen LogP contribution in [0.2, 0.25) is 0 Å². The van der Waals surface area contributed by atoms with Crippen molar-refractivity contribution in [2.45, 2.75) is 26.2 Å². The lowest BCUT2D eigenvalue weighted by atomic mass is 10.1. The third kappa shape index (κ3) is 3.15. The van der Waals surface area contributed by atoms with Crippen LogP contribution in [0.5, 0.6) is 0 Å². The van der Waals surface area contributed by atoms with Crippen LogP contribution in [0, 0.1) is 6.92 Å². The molecule has 0 aliphatic carbocycles. The second-order valence-corrected chi connectivity index (χ2v) is 5.59. The highest BCUT2D eigenvalue weighted by Crippen LogP contribution is 2.22. The van der Waals surface area contributed by atoms with Gasteiger partial charge in [0.25, 0.3) is 0 Å². The van der Waals surface area contributed by atoms with Gasteiger partial charge in [-0.3, -0.25) is 9.78 Å². The van der Waals surface area contributed by atoms with Gasteiger partial charge < -0.3 is 10.2 Å². The number of likely N-dealkylation sites (tertiary alicyclic amines) is 1. The monoisotopic (exact) mass is 283 g/mol. The lowest BCUT2D eigenvalue weighted by Crippen LogP contribution is -2.29. The third-order valence-corrected chi connectivity index (χ3v) is 3.96. The molecule has 3 rings (SSSR count). The van der Waals surface area contributed by atoms with Crippen LogP contribution in [-0.4, -0.2) is 35.4 Å². The van der Waals surface area contributed by atoms with Crippen molar-refractivity contribution in [3.8, 4) is 0 Å². The van der Waals surface area contributed by atoms with Gasteiger partial charge in [-0.05, 0) is 31.9 Å². The number of para-hydroxylation sites is 1. The number of carbonyl (C=O) groups is 1. The number of aromatic nitrogens is 1. The highest BCUT2D eigenvalue weighted by Gasteiger charge is 2.17. The number of carbonyl (C=O) groups excluding carboxylic acids is 1. The zero-order valence-corrected chi connectivity index (χ0v) is 12.4. The number of fused-ring (bicyclic) bond motifs is 1. The number of amides is 1. The van der Waals surface area contributed by atoms with E-state index in [0.29, 0.717) is 13.0 Å². The fraction of sp³-hybridized carbons (Fsp3) is 0.412. The summed E-state index contributed by atoms with van der Waals surface area (Å²) in [5.74, 6) is 0.259. The number of rotatable bonds is 4. The summed E-state index contributed by atoms with van der Waals surface area (Å²) < 4.78 is 0. The Bertz CT molecular complexity index is 648. The van der Waals surface area contributed by atoms with Crippen LogP contribution >= 0.6 is 0 Å². The molecule has 1 aliphatic rings. The second kappa shape index (κ2) is 6.12. The highest BCUT2D eigenvalue weighted by atomic mass is 16.2. The normalized spacial score (nSPS) is 14.6. The van der Waals surface area contributed by atoms with Crippen molar-refractivity contribution in [3.05, 3.63) is 36.0 Å². The minimum atomic E-state index is 0.259. The molecule has 0 saturated carbocycles. The average molecular weight is 283 g/mol. The van der Waals surface area contributed by atoms with E-state index < -0.39 is 0 Å². The van der Waals surface area contributed by atoms with E-state index in [1.807, 2.05) is 36.1 Å². The molecule has 110 valence electrons. The van der Waals surface area contributed by atoms with Crippen molar-refractivity contribution in [2.24, 2.45) is 0 Å². The molecule has 0 atom stereocenters. The number of anilines is 1. The van der Waals surface area contributed by atoms with Crippen molar-refractivity contribution in [1.29, 1.82) is 0 Å². The number of benzene rings is 1. The van der Waals surface area contributed by atoms with Crippen molar-refractivity contribution < 1.29 is 4.79 Å². The number of nitrogens with zero attached hydrogens (tertiary/aromatic N) is 2. The Labute approximate surface area is 125 Å². The van der Waals surface area contributed by atoms with Crippen molar-refractivity contribution in [3.63, 3.8) is 0 Å². The van der Waals surface area contributed by atoms with E-state index in [1.54, 1.807) is 0 Å². The summed E-state index contributed by atoms with van der Waals surface area (Å²) in [7, 11) is 0. The number of nitrogens with one attached hydrogen (secondary N) is 1. The first kappa shape index (κ1) is 13.9. The van der Waals surface area contributed by atoms with E-state index in [9.17, 15) is 4.79 Å². The van der Waals surface area contributed by atoms with Gasteiger partial charge in [-0.2, -0.15) is 0 Å². The van der Waals surface area contributed by atoms with Crippen LogP contribution in [0.1, 0.15) is 25.0 Å². The molecule has 2 aromatic rings. The molecule has 4 heteroatoms. The summed E-state index contributed by atoms with van der Waals surface area (Å²) in [6.07, 6.45) is 2.84. The van der Waals surface area contributed by atoms with E-state index >= 15 is 0 Å². The van der Waals surface area contributed by atoms with Gasteiger partial charge in [-0.1, -0.05) is 18.2 Å². The Hall–Kier alpha value is -2.10. The van der Waals surface area contributed by atoms with Crippen LogP contribution in [0.4, 0.5) is 5.69 Å². The van der Waals surface area contributed by atoms with Crippen LogP contribution in [-0.2, 0) is 4.79 Å². The SMILES string of the molecule is Cc1cc(NCCC(=O)N2CCCC2)c2ccccc2n1. The van der Waals surface area contributed by atoms with E-state index in [0.717, 1.165) is 48.2 Å². The summed E-state index contributed by atoms with van der Waals surface area (Å²) in [4.78, 5) is 18.5. The molecule has 4 nitrogen and oxygen atoms in total. The molecule has 1 N–H and O–H groups in total. The molecule has 0 radical (unpaired) electrons. The smallest absolute Gasteiger partial charge is 0.224 e. The standard InChI is InChI=1S/C17H21N3O/c1-13-12-16(14-6-2-3-7-15(14)19-13)18-9-8-17(21)20-10-4-5-11-20/h2-3,6-7,12H,4-5,8-11H2,1H3,(H,18,19). The Kier molecular flexibility index (Phi) is 4.04. The van der Waals surface area contributed by atoms with Crippen molar-refractivity contribution >= 4 is 22.5 Å². The molecular formula is C17H21N3O. The van der Waals surface area contributed by atoms with E-state index in [4.69, 9.17) is 0 Å². The molecule has 0 spiro atoms. The summed E-state index contributed by atoms with van der Waals surface area (Å²) in [6, 6.07) is 10.1. The van der Waals surface area contributed by atoms with Gasteiger partial charge in [0.15, 0.2) is 0 Å². The van der Waals surface area contributed by atoms with Gasteiger partial charge in [0.05, 0.1) is 5.52 Å². The third-order valence-electron chi connectivity index (χ3n) is 3.96. The summed E-state index contributed by atoms with van der Waals surface area (Å²) in [6.45, 7) is 4.52. The minimum Gasteiger partial charge on any atom is -0.384 e. The highest BCUT2D eigenvalue weighted by molar-refractivity contribution is 5.91. The Morgan fingerprint density at radius 1 is 1.29 bits per heavy atom. The number of hydrogen-bond acceptors (Lipinski definition) is 3. The zero-order chi connectivity index (χ0) is 14.7. The molecule has 21 heavy (non-hydrogen) atoms. The van der Waals surface area contributed by atoms with Gasteiger partial charge in [-0.15, -0.1) is 0 Å². The Morgan fingerprint density at radius 2 is 2.05 bits per heavy atom. The van der Waals surface area contributed by atoms with Crippen LogP contribution < -0.4 is 5.32 Å². The quantitative estimate of drug-likeness (QED) is 0.938. The predicted octanol–water partition coefficient (Wildman–Crippen LogP) is 2.97. The first-order valence-electron chi connectivity index (χ1n) is 7.62. The molecule has 0 bridgehead atoms. The van der Waals surface area contributed by atoms with E-state index in [1.165, 1.54) is 0 Å². The molecule has 2 heterocycles. The largest absolute Gasteiger partial charge is 0.384 e. The minimum absolute atomic E-state index is 0.259. The van der Waals surface area contributed by atoms with E-state index in [2.05, 4.69) is 16.4 Å². The van der Waals surface area contributed by atoms with Gasteiger partial charge in [0.2, 0.25) is 5.91 Å². The first-order valence-corrected chi connectivity index (χ1v) is 7.62. The molecule has 1 aromatic carbocycles. The fourth-order valence-corrected chi connectivity index (χ4v) is 2.88. The molecule has 0 unspecified atom stereocenters. The van der Waals surface area contributed by atoms with Crippen LogP contribution in [0.3, 0.4) is 0 Å². The van der Waals surface area contributed by atoms with Crippen molar-refractivity contribution in [2.75, 3.05) is 25.0 Å². The second-order valence-electron chi connectivity index (χ2n) is 5.59. The summed E-state index contributed by atoms with van der Waals surface area (Å²) >= 11 is 0. The van der Waals surface area contributed by atoms with Gasteiger partial charge in [0, 0.05) is 42.8 Å². The average Bonchev–Trinajstić information content (AvgIpc) is 3.01. The number of aryl methyl sites for hydroxylation is 1. The van der Waals surface area contributed by atoms with Gasteiger partial charge >= 0.3 is 0 Å². The molecular weight excluding hydrogens is 262 g/mol. The number of pyridine rings is 1. The maximum Gasteiger partial charge on any atom is 0.224 e. The van der Waals surface area contributed by atoms with E-state index in [-0.39, 0.29) is 5.91 Å². The Balaban J connectivity index is 1.66. The summed E-state index contributed by atoms with van der Waals surface area (Å²) in [5, 5.41) is 4.50. The summed E-state index contributed by atoms with van der Waals surface area (Å²) in [5.41, 5.74) is 3.04. The van der Waals surface area contributed by atoms with Crippen LogP contribution in [0.15, 0.2) is 30.3 Å². The van der Waals surface area contributed by atoms with Crippen LogP contribution in [0.25, 0.3) is 10.9 Å². The lowest BCUT2D eigenvalue weighted by molar-refractivity contribution is -0.129. The molecule has 1 aromatic heterocycles. The van der Waals surface area contributed by atoms with Gasteiger partial charge in [0.1, 0.15) is 0 Å². The molecule has 1 amide bonds. The predicted molar refractivity (Wildman–Crippen MR) is 85.4 cm³/mol. The molecule has 1 fully saturated rings. The Morgan fingerprint density at radius 3 is 2.86 bits per heavy atom. The fourth-order valence-electron chi connectivity index (χ4n) is 2.88.